The van der Waals surface area contributed by atoms with E-state index in [1.807, 2.05) is 45.0 Å². The largest absolute Gasteiger partial charge is 0.491 e. The zero-order valence-corrected chi connectivity index (χ0v) is 24.8. The highest BCUT2D eigenvalue weighted by Crippen LogP contribution is 2.34. The molecule has 12 heteroatoms. The number of likely N-dealkylation sites (tertiary alicyclic amines) is 1. The Kier molecular flexibility index (Phi) is 8.77. The number of amides is 1. The van der Waals surface area contributed by atoms with Gasteiger partial charge < -0.3 is 24.8 Å². The average Bonchev–Trinajstić information content (AvgIpc) is 3.33. The van der Waals surface area contributed by atoms with Crippen LogP contribution in [-0.2, 0) is 16.0 Å². The molecule has 2 aromatic carbocycles. The summed E-state index contributed by atoms with van der Waals surface area (Å²) in [5.74, 6) is -0.659. The summed E-state index contributed by atoms with van der Waals surface area (Å²) < 4.78 is 47.3. The molecule has 5 rings (SSSR count). The first kappa shape index (κ1) is 30.1. The third-order valence-electron chi connectivity index (χ3n) is 7.28. The lowest BCUT2D eigenvalue weighted by atomic mass is 9.90. The van der Waals surface area contributed by atoms with Gasteiger partial charge in [-0.2, -0.15) is 5.10 Å². The minimum absolute atomic E-state index is 0.0845. The number of piperidine rings is 1. The molecule has 2 aromatic heterocycles. The van der Waals surface area contributed by atoms with Gasteiger partial charge in [0.25, 0.3) is 0 Å². The molecular formula is C31H36F2N6O4. The smallest absolute Gasteiger partial charge is 0.410 e. The number of rotatable bonds is 8. The fourth-order valence-electron chi connectivity index (χ4n) is 5.15. The predicted molar refractivity (Wildman–Crippen MR) is 158 cm³/mol. The number of anilines is 1. The Bertz CT molecular complexity index is 1590. The third-order valence-corrected chi connectivity index (χ3v) is 7.28. The van der Waals surface area contributed by atoms with Crippen molar-refractivity contribution in [3.05, 3.63) is 65.4 Å². The van der Waals surface area contributed by atoms with Crippen LogP contribution in [0.2, 0.25) is 0 Å². The van der Waals surface area contributed by atoms with Crippen molar-refractivity contribution >= 4 is 22.8 Å². The van der Waals surface area contributed by atoms with E-state index in [4.69, 9.17) is 19.9 Å². The number of nitrogen functional groups attached to an aromatic ring is 1. The van der Waals surface area contributed by atoms with Crippen LogP contribution in [0.5, 0.6) is 5.75 Å². The summed E-state index contributed by atoms with van der Waals surface area (Å²) in [6, 6.07) is 9.66. The van der Waals surface area contributed by atoms with Crippen LogP contribution in [0.1, 0.15) is 50.7 Å². The van der Waals surface area contributed by atoms with E-state index >= 15 is 0 Å². The lowest BCUT2D eigenvalue weighted by molar-refractivity contribution is 0.0205. The number of carbonyl (C=O) groups is 1. The molecule has 0 atom stereocenters. The molecule has 1 amide bonds. The maximum Gasteiger partial charge on any atom is 0.410 e. The number of ether oxygens (including phenoxy) is 3. The van der Waals surface area contributed by atoms with E-state index < -0.39 is 17.2 Å². The van der Waals surface area contributed by atoms with E-state index in [1.54, 1.807) is 11.1 Å². The van der Waals surface area contributed by atoms with Crippen molar-refractivity contribution in [1.29, 1.82) is 0 Å². The third kappa shape index (κ3) is 6.85. The first-order valence-electron chi connectivity index (χ1n) is 14.2. The zero-order chi connectivity index (χ0) is 30.7. The van der Waals surface area contributed by atoms with Crippen molar-refractivity contribution in [2.24, 2.45) is 0 Å². The van der Waals surface area contributed by atoms with Crippen molar-refractivity contribution in [1.82, 2.24) is 24.6 Å². The summed E-state index contributed by atoms with van der Waals surface area (Å²) >= 11 is 0. The summed E-state index contributed by atoms with van der Waals surface area (Å²) in [4.78, 5) is 23.3. The number of hydrogen-bond donors (Lipinski definition) is 1. The molecule has 0 saturated carbocycles. The minimum atomic E-state index is -0.740. The Labute approximate surface area is 248 Å². The van der Waals surface area contributed by atoms with Gasteiger partial charge in [-0.15, -0.1) is 0 Å². The summed E-state index contributed by atoms with van der Waals surface area (Å²) in [5, 5.41) is 5.38. The number of nitrogens with zero attached hydrogens (tertiary/aromatic N) is 5. The molecule has 0 bridgehead atoms. The molecule has 3 heterocycles. The molecular weight excluding hydrogens is 558 g/mol. The molecule has 2 N–H and O–H groups in total. The second-order valence-electron chi connectivity index (χ2n) is 11.5. The molecule has 1 saturated heterocycles. The Morgan fingerprint density at radius 3 is 2.44 bits per heavy atom. The maximum absolute atomic E-state index is 15.0. The van der Waals surface area contributed by atoms with Gasteiger partial charge in [0.1, 0.15) is 41.1 Å². The van der Waals surface area contributed by atoms with Crippen LogP contribution in [-0.4, -0.2) is 69.8 Å². The quantitative estimate of drug-likeness (QED) is 0.264. The molecule has 10 nitrogen and oxygen atoms in total. The lowest BCUT2D eigenvalue weighted by Gasteiger charge is -2.33. The van der Waals surface area contributed by atoms with Crippen molar-refractivity contribution in [3.8, 4) is 17.3 Å². The number of fused-ring (bicyclic) bond motifs is 1. The van der Waals surface area contributed by atoms with Crippen LogP contribution in [0.4, 0.5) is 19.4 Å². The number of para-hydroxylation sites is 1. The van der Waals surface area contributed by atoms with Gasteiger partial charge in [0, 0.05) is 55.0 Å². The average molecular weight is 595 g/mol. The first-order valence-corrected chi connectivity index (χ1v) is 14.2. The second-order valence-corrected chi connectivity index (χ2v) is 11.5. The Morgan fingerprint density at radius 1 is 1.09 bits per heavy atom. The van der Waals surface area contributed by atoms with Gasteiger partial charge in [-0.1, -0.05) is 18.2 Å². The number of hydrogen-bond acceptors (Lipinski definition) is 8. The Balaban J connectivity index is 1.36. The summed E-state index contributed by atoms with van der Waals surface area (Å²) in [5.41, 5.74) is 7.66. The van der Waals surface area contributed by atoms with Gasteiger partial charge in [0.05, 0.1) is 18.7 Å². The van der Waals surface area contributed by atoms with Crippen LogP contribution in [0, 0.1) is 11.6 Å². The topological polar surface area (TPSA) is 118 Å². The standard InChI is InChI=1S/C31H36F2N6O4/c1-31(2,3)43-30(40)38-11-9-19(10-12-38)22-17-35-29(36-28(22)34)27-21-7-5-6-8-26(21)39(37-27)18-23-24(32)15-20(16-25(23)33)42-14-13-41-4/h5-8,15-17,19H,9-14,18H2,1-4H3,(H2,34,35,36). The molecule has 43 heavy (non-hydrogen) atoms. The normalized spacial score (nSPS) is 14.3. The summed E-state index contributed by atoms with van der Waals surface area (Å²) in [7, 11) is 1.52. The molecule has 228 valence electrons. The lowest BCUT2D eigenvalue weighted by Crippen LogP contribution is -2.41. The van der Waals surface area contributed by atoms with E-state index in [-0.39, 0.29) is 36.5 Å². The second kappa shape index (κ2) is 12.5. The van der Waals surface area contributed by atoms with Gasteiger partial charge in [0.15, 0.2) is 5.82 Å². The highest BCUT2D eigenvalue weighted by Gasteiger charge is 2.29. The molecule has 0 unspecified atom stereocenters. The monoisotopic (exact) mass is 594 g/mol. The number of aromatic nitrogens is 4. The number of carbonyl (C=O) groups excluding carboxylic acids is 1. The predicted octanol–water partition coefficient (Wildman–Crippen LogP) is 5.54. The van der Waals surface area contributed by atoms with Gasteiger partial charge >= 0.3 is 6.09 Å². The fraction of sp³-hybridized carbons (Fsp3) is 0.419. The highest BCUT2D eigenvalue weighted by molar-refractivity contribution is 5.91. The summed E-state index contributed by atoms with van der Waals surface area (Å²) in [6.45, 7) is 6.95. The minimum Gasteiger partial charge on any atom is -0.491 e. The SMILES string of the molecule is COCCOc1cc(F)c(Cn2nc(-c3ncc(C4CCN(C(=O)OC(C)(C)C)CC4)c(N)n3)c3ccccc32)c(F)c1. The fourth-order valence-corrected chi connectivity index (χ4v) is 5.15. The van der Waals surface area contributed by atoms with Gasteiger partial charge in [-0.05, 0) is 45.6 Å². The number of nitrogens with two attached hydrogens (primary N) is 1. The first-order chi connectivity index (χ1) is 20.5. The molecule has 0 aliphatic carbocycles. The van der Waals surface area contributed by atoms with Crippen molar-refractivity contribution in [2.45, 2.75) is 51.7 Å². The Morgan fingerprint density at radius 2 is 1.79 bits per heavy atom. The van der Waals surface area contributed by atoms with Gasteiger partial charge in [-0.25, -0.2) is 23.5 Å². The molecule has 1 aliphatic rings. The van der Waals surface area contributed by atoms with Crippen molar-refractivity contribution in [2.75, 3.05) is 39.1 Å². The van der Waals surface area contributed by atoms with Crippen molar-refractivity contribution in [3.63, 3.8) is 0 Å². The maximum atomic E-state index is 15.0. The van der Waals surface area contributed by atoms with E-state index in [1.165, 1.54) is 11.8 Å². The zero-order valence-electron chi connectivity index (χ0n) is 24.8. The van der Waals surface area contributed by atoms with Gasteiger partial charge in [-0.3, -0.25) is 4.68 Å². The molecule has 1 fully saturated rings. The van der Waals surface area contributed by atoms with E-state index in [0.717, 1.165) is 23.1 Å². The highest BCUT2D eigenvalue weighted by atomic mass is 19.1. The van der Waals surface area contributed by atoms with Crippen LogP contribution in [0.25, 0.3) is 22.4 Å². The summed E-state index contributed by atoms with van der Waals surface area (Å²) in [6.07, 6.45) is 2.80. The molecule has 4 aromatic rings. The van der Waals surface area contributed by atoms with E-state index in [2.05, 4.69) is 15.1 Å². The number of halogens is 2. The van der Waals surface area contributed by atoms with Crippen LogP contribution < -0.4 is 10.5 Å². The van der Waals surface area contributed by atoms with Crippen molar-refractivity contribution < 1.29 is 27.8 Å². The molecule has 0 spiro atoms. The van der Waals surface area contributed by atoms with Gasteiger partial charge in [0.2, 0.25) is 0 Å². The van der Waals surface area contributed by atoms with Crippen LogP contribution in [0.15, 0.2) is 42.6 Å². The number of methoxy groups -OCH3 is 1. The Hall–Kier alpha value is -4.32. The van der Waals surface area contributed by atoms with E-state index in [9.17, 15) is 13.6 Å². The van der Waals surface area contributed by atoms with E-state index in [0.29, 0.717) is 55.4 Å². The number of benzene rings is 2. The van der Waals surface area contributed by atoms with Crippen LogP contribution >= 0.6 is 0 Å². The van der Waals surface area contributed by atoms with Crippen LogP contribution in [0.3, 0.4) is 0 Å². The molecule has 0 radical (unpaired) electrons. The molecule has 1 aliphatic heterocycles.